The van der Waals surface area contributed by atoms with Gasteiger partial charge in [-0.2, -0.15) is 5.26 Å². The smallest absolute Gasteiger partial charge is 0.0991 e. The maximum absolute atomic E-state index is 8.58. The van der Waals surface area contributed by atoms with Gasteiger partial charge in [-0.25, -0.2) is 0 Å². The lowest BCUT2D eigenvalue weighted by Crippen LogP contribution is -2.10. The number of rotatable bonds is 0. The predicted molar refractivity (Wildman–Crippen MR) is 95.0 cm³/mol. The molecular formula is C21H27N. The molecule has 0 aliphatic rings. The highest BCUT2D eigenvalue weighted by Gasteiger charge is 2.12. The quantitative estimate of drug-likeness (QED) is 0.598. The zero-order valence-electron chi connectivity index (χ0n) is 14.6. The standard InChI is InChI=1S/C11H13N.C10H14/c1-11(2,3)10-6-4-9(8-12)5-7-10;1-10(2,3)9-7-5-4-6-8-9/h4-7H,1-3H3;4-8H,1-3H3. The number of benzene rings is 2. The van der Waals surface area contributed by atoms with E-state index in [1.54, 1.807) is 0 Å². The predicted octanol–water partition coefficient (Wildman–Crippen LogP) is 5.84. The second-order valence-electron chi connectivity index (χ2n) is 7.56. The van der Waals surface area contributed by atoms with Crippen molar-refractivity contribution in [3.8, 4) is 6.07 Å². The molecule has 0 saturated heterocycles. The third-order valence-electron chi connectivity index (χ3n) is 3.52. The van der Waals surface area contributed by atoms with Gasteiger partial charge in [0.05, 0.1) is 11.6 Å². The van der Waals surface area contributed by atoms with Gasteiger partial charge >= 0.3 is 0 Å². The molecule has 0 unspecified atom stereocenters. The zero-order chi connectivity index (χ0) is 16.8. The lowest BCUT2D eigenvalue weighted by molar-refractivity contribution is 0.590. The van der Waals surface area contributed by atoms with Crippen molar-refractivity contribution in [3.05, 3.63) is 71.3 Å². The normalized spacial score (nSPS) is 11.1. The number of nitriles is 1. The van der Waals surface area contributed by atoms with Gasteiger partial charge < -0.3 is 0 Å². The molecule has 116 valence electrons. The van der Waals surface area contributed by atoms with Gasteiger partial charge in [-0.15, -0.1) is 0 Å². The molecule has 0 radical (unpaired) electrons. The molecule has 0 spiro atoms. The summed E-state index contributed by atoms with van der Waals surface area (Å²) in [6.45, 7) is 13.2. The van der Waals surface area contributed by atoms with Gasteiger partial charge in [0.2, 0.25) is 0 Å². The van der Waals surface area contributed by atoms with E-state index < -0.39 is 0 Å². The first-order valence-electron chi connectivity index (χ1n) is 7.71. The summed E-state index contributed by atoms with van der Waals surface area (Å²) in [7, 11) is 0. The summed E-state index contributed by atoms with van der Waals surface area (Å²) in [4.78, 5) is 0. The van der Waals surface area contributed by atoms with Gasteiger partial charge in [0.15, 0.2) is 0 Å². The van der Waals surface area contributed by atoms with Gasteiger partial charge in [0.1, 0.15) is 0 Å². The summed E-state index contributed by atoms with van der Waals surface area (Å²) in [5.41, 5.74) is 3.86. The molecule has 1 heteroatoms. The van der Waals surface area contributed by atoms with Crippen molar-refractivity contribution in [2.45, 2.75) is 52.4 Å². The van der Waals surface area contributed by atoms with Crippen LogP contribution in [-0.4, -0.2) is 0 Å². The van der Waals surface area contributed by atoms with Crippen LogP contribution >= 0.6 is 0 Å². The second-order valence-corrected chi connectivity index (χ2v) is 7.56. The Kier molecular flexibility index (Phi) is 5.94. The first kappa shape index (κ1) is 18.0. The van der Waals surface area contributed by atoms with E-state index in [4.69, 9.17) is 5.26 Å². The van der Waals surface area contributed by atoms with Gasteiger partial charge in [0.25, 0.3) is 0 Å². The lowest BCUT2D eigenvalue weighted by Gasteiger charge is -2.18. The molecular weight excluding hydrogens is 266 g/mol. The van der Waals surface area contributed by atoms with E-state index in [0.717, 1.165) is 5.56 Å². The van der Waals surface area contributed by atoms with Crippen LogP contribution in [0.3, 0.4) is 0 Å². The number of hydrogen-bond acceptors (Lipinski definition) is 1. The molecule has 0 heterocycles. The first-order chi connectivity index (χ1) is 10.1. The molecule has 0 amide bonds. The van der Waals surface area contributed by atoms with E-state index in [1.807, 2.05) is 24.3 Å². The largest absolute Gasteiger partial charge is 0.192 e. The van der Waals surface area contributed by atoms with Crippen LogP contribution in [-0.2, 0) is 10.8 Å². The molecule has 0 aliphatic carbocycles. The zero-order valence-corrected chi connectivity index (χ0v) is 14.6. The van der Waals surface area contributed by atoms with Crippen LogP contribution in [0.2, 0.25) is 0 Å². The molecule has 0 atom stereocenters. The molecule has 0 N–H and O–H groups in total. The van der Waals surface area contributed by atoms with Crippen molar-refractivity contribution in [1.82, 2.24) is 0 Å². The van der Waals surface area contributed by atoms with E-state index in [2.05, 4.69) is 77.9 Å². The Hall–Kier alpha value is -2.07. The fourth-order valence-corrected chi connectivity index (χ4v) is 1.98. The fourth-order valence-electron chi connectivity index (χ4n) is 1.98. The fraction of sp³-hybridized carbons (Fsp3) is 0.381. The van der Waals surface area contributed by atoms with E-state index >= 15 is 0 Å². The number of hydrogen-bond donors (Lipinski definition) is 0. The van der Waals surface area contributed by atoms with Crippen LogP contribution < -0.4 is 0 Å². The van der Waals surface area contributed by atoms with Crippen LogP contribution in [0.4, 0.5) is 0 Å². The summed E-state index contributed by atoms with van der Waals surface area (Å²) in [6.07, 6.45) is 0. The maximum atomic E-state index is 8.58. The van der Waals surface area contributed by atoms with Crippen molar-refractivity contribution in [3.63, 3.8) is 0 Å². The Morgan fingerprint density at radius 1 is 0.636 bits per heavy atom. The summed E-state index contributed by atoms with van der Waals surface area (Å²) >= 11 is 0. The van der Waals surface area contributed by atoms with Crippen molar-refractivity contribution < 1.29 is 0 Å². The second kappa shape index (κ2) is 7.27. The third-order valence-corrected chi connectivity index (χ3v) is 3.52. The number of nitrogens with zero attached hydrogens (tertiary/aromatic N) is 1. The van der Waals surface area contributed by atoms with Gasteiger partial charge in [-0.3, -0.25) is 0 Å². The van der Waals surface area contributed by atoms with Crippen molar-refractivity contribution in [1.29, 1.82) is 5.26 Å². The highest BCUT2D eigenvalue weighted by molar-refractivity contribution is 5.34. The Bertz CT molecular complexity index is 602. The van der Waals surface area contributed by atoms with Gasteiger partial charge in [0, 0.05) is 0 Å². The Morgan fingerprint density at radius 3 is 1.36 bits per heavy atom. The SMILES string of the molecule is CC(C)(C)c1ccc(C#N)cc1.CC(C)(C)c1ccccc1. The van der Waals surface area contributed by atoms with Crippen LogP contribution in [0.5, 0.6) is 0 Å². The highest BCUT2D eigenvalue weighted by atomic mass is 14.2. The Labute approximate surface area is 135 Å². The van der Waals surface area contributed by atoms with Crippen molar-refractivity contribution in [2.24, 2.45) is 0 Å². The van der Waals surface area contributed by atoms with Gasteiger partial charge in [-0.1, -0.05) is 84.0 Å². The minimum atomic E-state index is 0.175. The monoisotopic (exact) mass is 293 g/mol. The average Bonchev–Trinajstić information content (AvgIpc) is 2.47. The molecule has 1 nitrogen and oxygen atoms in total. The minimum Gasteiger partial charge on any atom is -0.192 e. The van der Waals surface area contributed by atoms with Crippen molar-refractivity contribution >= 4 is 0 Å². The van der Waals surface area contributed by atoms with E-state index in [9.17, 15) is 0 Å². The van der Waals surface area contributed by atoms with Crippen LogP contribution in [0, 0.1) is 11.3 Å². The Balaban J connectivity index is 0.000000224. The van der Waals surface area contributed by atoms with Crippen LogP contribution in [0.1, 0.15) is 58.2 Å². The molecule has 0 fully saturated rings. The molecule has 0 aliphatic heterocycles. The molecule has 0 aromatic heterocycles. The minimum absolute atomic E-state index is 0.175. The van der Waals surface area contributed by atoms with E-state index in [1.165, 1.54) is 11.1 Å². The van der Waals surface area contributed by atoms with Gasteiger partial charge in [-0.05, 0) is 34.1 Å². The van der Waals surface area contributed by atoms with Crippen LogP contribution in [0.15, 0.2) is 54.6 Å². The topological polar surface area (TPSA) is 23.8 Å². The van der Waals surface area contributed by atoms with Crippen LogP contribution in [0.25, 0.3) is 0 Å². The molecule has 22 heavy (non-hydrogen) atoms. The average molecular weight is 293 g/mol. The molecule has 0 bridgehead atoms. The summed E-state index contributed by atoms with van der Waals surface area (Å²) < 4.78 is 0. The maximum Gasteiger partial charge on any atom is 0.0991 e. The van der Waals surface area contributed by atoms with E-state index in [0.29, 0.717) is 5.41 Å². The summed E-state index contributed by atoms with van der Waals surface area (Å²) in [5.74, 6) is 0. The lowest BCUT2D eigenvalue weighted by atomic mass is 9.87. The summed E-state index contributed by atoms with van der Waals surface area (Å²) in [5, 5.41) is 8.58. The molecule has 2 aromatic rings. The van der Waals surface area contributed by atoms with E-state index in [-0.39, 0.29) is 5.41 Å². The first-order valence-corrected chi connectivity index (χ1v) is 7.71. The Morgan fingerprint density at radius 2 is 1.05 bits per heavy atom. The third kappa shape index (κ3) is 5.74. The molecule has 2 rings (SSSR count). The molecule has 0 saturated carbocycles. The molecule has 2 aromatic carbocycles. The highest BCUT2D eigenvalue weighted by Crippen LogP contribution is 2.22. The van der Waals surface area contributed by atoms with Crippen molar-refractivity contribution in [2.75, 3.05) is 0 Å². The summed E-state index contributed by atoms with van der Waals surface area (Å²) in [6, 6.07) is 20.4.